The fourth-order valence-electron chi connectivity index (χ4n) is 2.03. The number of aryl methyl sites for hydroxylation is 1. The van der Waals surface area contributed by atoms with Crippen LogP contribution in [0.15, 0.2) is 24.3 Å². The molecule has 1 aromatic rings. The first-order valence-corrected chi connectivity index (χ1v) is 5.73. The first kappa shape index (κ1) is 11.6. The summed E-state index contributed by atoms with van der Waals surface area (Å²) >= 11 is 0. The van der Waals surface area contributed by atoms with Gasteiger partial charge in [0.1, 0.15) is 0 Å². The van der Waals surface area contributed by atoms with Crippen molar-refractivity contribution >= 4 is 0 Å². The van der Waals surface area contributed by atoms with Gasteiger partial charge >= 0.3 is 0 Å². The molecule has 0 spiro atoms. The minimum absolute atomic E-state index is 0.167. The molecular weight excluding hydrogens is 204 g/mol. The summed E-state index contributed by atoms with van der Waals surface area (Å²) in [6.07, 6.45) is 1.39. The maximum absolute atomic E-state index is 8.92. The molecule has 0 saturated carbocycles. The molecule has 0 atom stereocenters. The summed E-state index contributed by atoms with van der Waals surface area (Å²) < 4.78 is 11.5. The van der Waals surface area contributed by atoms with Crippen molar-refractivity contribution in [2.75, 3.05) is 19.8 Å². The Morgan fingerprint density at radius 1 is 1.19 bits per heavy atom. The van der Waals surface area contributed by atoms with Gasteiger partial charge in [-0.05, 0) is 13.3 Å². The molecule has 2 rings (SSSR count). The van der Waals surface area contributed by atoms with E-state index in [1.165, 1.54) is 5.56 Å². The van der Waals surface area contributed by atoms with Gasteiger partial charge in [0.2, 0.25) is 0 Å². The first-order valence-electron chi connectivity index (χ1n) is 5.73. The van der Waals surface area contributed by atoms with Gasteiger partial charge in [-0.2, -0.15) is 0 Å². The third kappa shape index (κ3) is 2.26. The summed E-state index contributed by atoms with van der Waals surface area (Å²) in [5.41, 5.74) is 2.27. The van der Waals surface area contributed by atoms with E-state index in [4.69, 9.17) is 14.6 Å². The fourth-order valence-corrected chi connectivity index (χ4v) is 2.03. The maximum atomic E-state index is 8.92. The van der Waals surface area contributed by atoms with Crippen LogP contribution in [0.2, 0.25) is 0 Å². The van der Waals surface area contributed by atoms with E-state index >= 15 is 0 Å². The molecule has 0 amide bonds. The summed E-state index contributed by atoms with van der Waals surface area (Å²) in [5.74, 6) is -0.629. The van der Waals surface area contributed by atoms with Crippen LogP contribution in [0.5, 0.6) is 0 Å². The van der Waals surface area contributed by atoms with Crippen LogP contribution < -0.4 is 0 Å². The van der Waals surface area contributed by atoms with Gasteiger partial charge in [-0.3, -0.25) is 0 Å². The van der Waals surface area contributed by atoms with Gasteiger partial charge in [-0.1, -0.05) is 29.8 Å². The molecule has 16 heavy (non-hydrogen) atoms. The molecule has 1 aromatic carbocycles. The van der Waals surface area contributed by atoms with Crippen molar-refractivity contribution in [3.05, 3.63) is 35.4 Å². The molecular formula is C13H18O3. The number of hydrogen-bond donors (Lipinski definition) is 1. The van der Waals surface area contributed by atoms with Gasteiger partial charge < -0.3 is 14.6 Å². The zero-order valence-corrected chi connectivity index (χ0v) is 9.61. The highest BCUT2D eigenvalue weighted by Crippen LogP contribution is 2.35. The van der Waals surface area contributed by atoms with E-state index in [0.29, 0.717) is 26.1 Å². The minimum atomic E-state index is -0.629. The summed E-state index contributed by atoms with van der Waals surface area (Å²) in [5, 5.41) is 8.92. The maximum Gasteiger partial charge on any atom is 0.195 e. The molecule has 1 fully saturated rings. The molecule has 0 bridgehead atoms. The molecule has 3 heteroatoms. The van der Waals surface area contributed by atoms with Gasteiger partial charge in [0, 0.05) is 18.6 Å². The van der Waals surface area contributed by atoms with Crippen molar-refractivity contribution in [1.29, 1.82) is 0 Å². The lowest BCUT2D eigenvalue weighted by Gasteiger charge is -2.27. The minimum Gasteiger partial charge on any atom is -0.396 e. The lowest BCUT2D eigenvalue weighted by atomic mass is 9.99. The van der Waals surface area contributed by atoms with Crippen LogP contribution in [0.3, 0.4) is 0 Å². The third-order valence-electron chi connectivity index (χ3n) is 2.91. The van der Waals surface area contributed by atoms with Crippen LogP contribution in [-0.4, -0.2) is 24.9 Å². The number of aliphatic hydroxyl groups is 1. The zero-order valence-electron chi connectivity index (χ0n) is 9.61. The Morgan fingerprint density at radius 2 is 1.81 bits per heavy atom. The number of benzene rings is 1. The fraction of sp³-hybridized carbons (Fsp3) is 0.538. The summed E-state index contributed by atoms with van der Waals surface area (Å²) in [7, 11) is 0. The average molecular weight is 222 g/mol. The number of ether oxygens (including phenoxy) is 2. The predicted molar refractivity (Wildman–Crippen MR) is 61.1 cm³/mol. The molecule has 0 radical (unpaired) electrons. The van der Waals surface area contributed by atoms with Crippen molar-refractivity contribution in [2.24, 2.45) is 0 Å². The Balaban J connectivity index is 2.21. The number of hydrogen-bond acceptors (Lipinski definition) is 3. The van der Waals surface area contributed by atoms with Crippen LogP contribution in [0.1, 0.15) is 24.0 Å². The molecule has 1 saturated heterocycles. The van der Waals surface area contributed by atoms with E-state index in [2.05, 4.69) is 19.1 Å². The molecule has 0 unspecified atom stereocenters. The van der Waals surface area contributed by atoms with E-state index in [9.17, 15) is 0 Å². The van der Waals surface area contributed by atoms with Gasteiger partial charge in [-0.25, -0.2) is 0 Å². The average Bonchev–Trinajstić information content (AvgIpc) is 2.77. The molecule has 3 nitrogen and oxygen atoms in total. The van der Waals surface area contributed by atoms with Crippen molar-refractivity contribution in [3.8, 4) is 0 Å². The number of aliphatic hydroxyl groups excluding tert-OH is 1. The van der Waals surface area contributed by atoms with Crippen molar-refractivity contribution in [3.63, 3.8) is 0 Å². The van der Waals surface area contributed by atoms with Crippen molar-refractivity contribution in [2.45, 2.75) is 25.6 Å². The van der Waals surface area contributed by atoms with E-state index in [1.54, 1.807) is 0 Å². The Kier molecular flexibility index (Phi) is 3.59. The second kappa shape index (κ2) is 4.95. The lowest BCUT2D eigenvalue weighted by molar-refractivity contribution is -0.172. The van der Waals surface area contributed by atoms with Gasteiger partial charge in [0.05, 0.1) is 13.2 Å². The second-order valence-electron chi connectivity index (χ2n) is 4.14. The molecule has 1 aliphatic rings. The van der Waals surface area contributed by atoms with Gasteiger partial charge in [0.15, 0.2) is 5.79 Å². The predicted octanol–water partition coefficient (Wildman–Crippen LogP) is 1.97. The van der Waals surface area contributed by atoms with E-state index in [0.717, 1.165) is 5.56 Å². The Morgan fingerprint density at radius 3 is 2.38 bits per heavy atom. The molecule has 0 aliphatic carbocycles. The lowest BCUT2D eigenvalue weighted by Crippen LogP contribution is -2.27. The van der Waals surface area contributed by atoms with E-state index in [-0.39, 0.29) is 6.61 Å². The monoisotopic (exact) mass is 222 g/mol. The quantitative estimate of drug-likeness (QED) is 0.846. The van der Waals surface area contributed by atoms with Crippen LogP contribution >= 0.6 is 0 Å². The highest BCUT2D eigenvalue weighted by Gasteiger charge is 2.37. The zero-order chi connectivity index (χ0) is 11.4. The van der Waals surface area contributed by atoms with Gasteiger partial charge in [-0.15, -0.1) is 0 Å². The smallest absolute Gasteiger partial charge is 0.195 e. The first-order chi connectivity index (χ1) is 7.77. The number of rotatable bonds is 4. The van der Waals surface area contributed by atoms with Crippen LogP contribution in [0, 0.1) is 6.92 Å². The standard InChI is InChI=1S/C13H18O3/c1-11-3-5-12(6-4-11)13(7-2-8-14)15-9-10-16-13/h3-6,14H,2,7-10H2,1H3. The molecule has 1 N–H and O–H groups in total. The van der Waals surface area contributed by atoms with E-state index in [1.807, 2.05) is 12.1 Å². The second-order valence-corrected chi connectivity index (χ2v) is 4.14. The molecule has 0 aromatic heterocycles. The summed E-state index contributed by atoms with van der Waals surface area (Å²) in [6.45, 7) is 3.47. The topological polar surface area (TPSA) is 38.7 Å². The van der Waals surface area contributed by atoms with Crippen LogP contribution in [-0.2, 0) is 15.3 Å². The summed E-state index contributed by atoms with van der Waals surface area (Å²) in [6, 6.07) is 8.19. The normalized spacial score (nSPS) is 18.9. The third-order valence-corrected chi connectivity index (χ3v) is 2.91. The highest BCUT2D eigenvalue weighted by molar-refractivity contribution is 5.25. The van der Waals surface area contributed by atoms with Crippen LogP contribution in [0.4, 0.5) is 0 Å². The van der Waals surface area contributed by atoms with Crippen molar-refractivity contribution < 1.29 is 14.6 Å². The Bertz CT molecular complexity index is 326. The SMILES string of the molecule is Cc1ccc(C2(CCCO)OCCO2)cc1. The highest BCUT2D eigenvalue weighted by atomic mass is 16.7. The molecule has 88 valence electrons. The molecule has 1 aliphatic heterocycles. The largest absolute Gasteiger partial charge is 0.396 e. The van der Waals surface area contributed by atoms with Gasteiger partial charge in [0.25, 0.3) is 0 Å². The Hall–Kier alpha value is -0.900. The van der Waals surface area contributed by atoms with Crippen molar-refractivity contribution in [1.82, 2.24) is 0 Å². The van der Waals surface area contributed by atoms with E-state index < -0.39 is 5.79 Å². The molecule has 1 heterocycles. The van der Waals surface area contributed by atoms with Crippen LogP contribution in [0.25, 0.3) is 0 Å². The summed E-state index contributed by atoms with van der Waals surface area (Å²) in [4.78, 5) is 0. The Labute approximate surface area is 96.0 Å².